The van der Waals surface area contributed by atoms with Crippen molar-refractivity contribution in [1.82, 2.24) is 0 Å². The predicted octanol–water partition coefficient (Wildman–Crippen LogP) is 4.89. The van der Waals surface area contributed by atoms with Gasteiger partial charge >= 0.3 is 0 Å². The van der Waals surface area contributed by atoms with Gasteiger partial charge in [-0.1, -0.05) is 30.7 Å². The summed E-state index contributed by atoms with van der Waals surface area (Å²) in [4.78, 5) is 0. The van der Waals surface area contributed by atoms with Crippen LogP contribution in [0.2, 0.25) is 5.02 Å². The van der Waals surface area contributed by atoms with Crippen molar-refractivity contribution >= 4 is 11.6 Å². The van der Waals surface area contributed by atoms with Crippen molar-refractivity contribution in [2.45, 2.75) is 34.1 Å². The minimum atomic E-state index is 0.457. The molecule has 19 heavy (non-hydrogen) atoms. The average molecular weight is 283 g/mol. The molecule has 0 aliphatic heterocycles. The van der Waals surface area contributed by atoms with E-state index in [0.717, 1.165) is 17.7 Å². The summed E-state index contributed by atoms with van der Waals surface area (Å²) in [5, 5.41) is 0.646. The first-order valence-electron chi connectivity index (χ1n) is 6.83. The zero-order valence-electron chi connectivity index (χ0n) is 12.2. The maximum atomic E-state index is 6.24. The maximum Gasteiger partial charge on any atom is 0.141 e. The van der Waals surface area contributed by atoms with Gasteiger partial charge in [-0.05, 0) is 44.7 Å². The summed E-state index contributed by atoms with van der Waals surface area (Å²) in [6.07, 6.45) is 5.16. The highest BCUT2D eigenvalue weighted by Crippen LogP contribution is 2.34. The summed E-state index contributed by atoms with van der Waals surface area (Å²) in [6, 6.07) is 3.85. The molecule has 1 unspecified atom stereocenters. The second-order valence-corrected chi connectivity index (χ2v) is 4.87. The third-order valence-corrected chi connectivity index (χ3v) is 3.07. The van der Waals surface area contributed by atoms with Crippen LogP contribution in [0.3, 0.4) is 0 Å². The van der Waals surface area contributed by atoms with E-state index in [1.807, 2.05) is 32.9 Å². The van der Waals surface area contributed by atoms with Crippen LogP contribution in [0.15, 0.2) is 24.3 Å². The molecule has 1 aromatic rings. The van der Waals surface area contributed by atoms with Crippen LogP contribution in [0.1, 0.15) is 33.3 Å². The van der Waals surface area contributed by atoms with Gasteiger partial charge in [0.2, 0.25) is 0 Å². The molecule has 0 saturated carbocycles. The zero-order chi connectivity index (χ0) is 14.3. The van der Waals surface area contributed by atoms with Gasteiger partial charge in [0, 0.05) is 6.07 Å². The highest BCUT2D eigenvalue weighted by atomic mass is 35.5. The van der Waals surface area contributed by atoms with Crippen molar-refractivity contribution in [2.24, 2.45) is 5.92 Å². The minimum Gasteiger partial charge on any atom is -0.493 e. The van der Waals surface area contributed by atoms with Crippen molar-refractivity contribution in [2.75, 3.05) is 13.2 Å². The summed E-state index contributed by atoms with van der Waals surface area (Å²) >= 11 is 6.24. The predicted molar refractivity (Wildman–Crippen MR) is 81.5 cm³/mol. The molecule has 0 amide bonds. The molecule has 1 atom stereocenters. The molecule has 1 aromatic carbocycles. The van der Waals surface area contributed by atoms with Crippen molar-refractivity contribution in [3.63, 3.8) is 0 Å². The van der Waals surface area contributed by atoms with E-state index in [1.54, 1.807) is 0 Å². The summed E-state index contributed by atoms with van der Waals surface area (Å²) in [7, 11) is 0. The van der Waals surface area contributed by atoms with E-state index < -0.39 is 0 Å². The highest BCUT2D eigenvalue weighted by Gasteiger charge is 2.12. The fraction of sp³-hybridized carbons (Fsp3) is 0.500. The summed E-state index contributed by atoms with van der Waals surface area (Å²) in [5.41, 5.74) is 1.13. The van der Waals surface area contributed by atoms with Crippen LogP contribution in [0.5, 0.6) is 11.5 Å². The Bertz CT molecular complexity index is 427. The van der Waals surface area contributed by atoms with E-state index in [9.17, 15) is 0 Å². The van der Waals surface area contributed by atoms with Gasteiger partial charge in [-0.2, -0.15) is 0 Å². The van der Waals surface area contributed by atoms with Crippen LogP contribution in [0.25, 0.3) is 0 Å². The molecule has 0 bridgehead atoms. The lowest BCUT2D eigenvalue weighted by Gasteiger charge is -2.15. The molecule has 0 heterocycles. The second kappa shape index (κ2) is 8.11. The standard InChI is InChI=1S/C16H23ClO2/c1-5-8-12(4)9-13-10-14(17)16(19-7-3)11-15(13)18-6-2/h5,8,10-12H,6-7,9H2,1-4H3/b8-5-. The van der Waals surface area contributed by atoms with Crippen LogP contribution in [0, 0.1) is 5.92 Å². The SMILES string of the molecule is C/C=C\C(C)Cc1cc(Cl)c(OCC)cc1OCC. The summed E-state index contributed by atoms with van der Waals surface area (Å²) in [6.45, 7) is 9.37. The molecular formula is C16H23ClO2. The number of halogens is 1. The Kier molecular flexibility index (Phi) is 6.79. The van der Waals surface area contributed by atoms with E-state index in [0.29, 0.717) is 29.9 Å². The van der Waals surface area contributed by atoms with E-state index in [2.05, 4.69) is 19.1 Å². The molecule has 0 aromatic heterocycles. The molecule has 2 nitrogen and oxygen atoms in total. The molecular weight excluding hydrogens is 260 g/mol. The van der Waals surface area contributed by atoms with Crippen molar-refractivity contribution in [3.8, 4) is 11.5 Å². The highest BCUT2D eigenvalue weighted by molar-refractivity contribution is 6.32. The number of hydrogen-bond donors (Lipinski definition) is 0. The third kappa shape index (κ3) is 4.79. The monoisotopic (exact) mass is 282 g/mol. The molecule has 0 N–H and O–H groups in total. The molecule has 0 aliphatic rings. The van der Waals surface area contributed by atoms with Crippen LogP contribution >= 0.6 is 11.6 Å². The normalized spacial score (nSPS) is 12.7. The Hall–Kier alpha value is -1.15. The smallest absolute Gasteiger partial charge is 0.141 e. The topological polar surface area (TPSA) is 18.5 Å². The van der Waals surface area contributed by atoms with Crippen molar-refractivity contribution < 1.29 is 9.47 Å². The quantitative estimate of drug-likeness (QED) is 0.663. The molecule has 0 saturated heterocycles. The number of allylic oxidation sites excluding steroid dienone is 2. The molecule has 3 heteroatoms. The van der Waals surface area contributed by atoms with Crippen LogP contribution in [-0.4, -0.2) is 13.2 Å². The lowest BCUT2D eigenvalue weighted by molar-refractivity contribution is 0.320. The molecule has 0 fully saturated rings. The van der Waals surface area contributed by atoms with Crippen LogP contribution < -0.4 is 9.47 Å². The van der Waals surface area contributed by atoms with Crippen LogP contribution in [-0.2, 0) is 6.42 Å². The summed E-state index contributed by atoms with van der Waals surface area (Å²) in [5.74, 6) is 2.01. The van der Waals surface area contributed by atoms with E-state index >= 15 is 0 Å². The van der Waals surface area contributed by atoms with Gasteiger partial charge < -0.3 is 9.47 Å². The van der Waals surface area contributed by atoms with Gasteiger partial charge in [0.25, 0.3) is 0 Å². The Morgan fingerprint density at radius 3 is 2.37 bits per heavy atom. The first kappa shape index (κ1) is 15.9. The number of benzene rings is 1. The van der Waals surface area contributed by atoms with Gasteiger partial charge in [0.15, 0.2) is 0 Å². The minimum absolute atomic E-state index is 0.457. The molecule has 0 radical (unpaired) electrons. The van der Waals surface area contributed by atoms with Gasteiger partial charge in [-0.25, -0.2) is 0 Å². The third-order valence-electron chi connectivity index (χ3n) is 2.78. The Balaban J connectivity index is 3.03. The lowest BCUT2D eigenvalue weighted by atomic mass is 9.99. The first-order valence-corrected chi connectivity index (χ1v) is 7.20. The van der Waals surface area contributed by atoms with Crippen molar-refractivity contribution in [1.29, 1.82) is 0 Å². The number of hydrogen-bond acceptors (Lipinski definition) is 2. The fourth-order valence-electron chi connectivity index (χ4n) is 2.03. The summed E-state index contributed by atoms with van der Waals surface area (Å²) < 4.78 is 11.2. The van der Waals surface area contributed by atoms with E-state index in [-0.39, 0.29) is 0 Å². The Morgan fingerprint density at radius 1 is 1.16 bits per heavy atom. The molecule has 1 rings (SSSR count). The lowest BCUT2D eigenvalue weighted by Crippen LogP contribution is -2.03. The Morgan fingerprint density at radius 2 is 1.79 bits per heavy atom. The number of ether oxygens (including phenoxy) is 2. The van der Waals surface area contributed by atoms with Gasteiger partial charge in [-0.3, -0.25) is 0 Å². The maximum absolute atomic E-state index is 6.24. The van der Waals surface area contributed by atoms with Crippen LogP contribution in [0.4, 0.5) is 0 Å². The van der Waals surface area contributed by atoms with Crippen molar-refractivity contribution in [3.05, 3.63) is 34.9 Å². The zero-order valence-corrected chi connectivity index (χ0v) is 13.0. The van der Waals surface area contributed by atoms with Gasteiger partial charge in [0.1, 0.15) is 11.5 Å². The first-order chi connectivity index (χ1) is 9.12. The van der Waals surface area contributed by atoms with E-state index in [1.165, 1.54) is 0 Å². The average Bonchev–Trinajstić information content (AvgIpc) is 2.35. The molecule has 0 spiro atoms. The van der Waals surface area contributed by atoms with Gasteiger partial charge in [0.05, 0.1) is 18.2 Å². The fourth-order valence-corrected chi connectivity index (χ4v) is 2.28. The largest absolute Gasteiger partial charge is 0.493 e. The molecule has 106 valence electrons. The van der Waals surface area contributed by atoms with Gasteiger partial charge in [-0.15, -0.1) is 0 Å². The Labute approximate surface area is 121 Å². The van der Waals surface area contributed by atoms with E-state index in [4.69, 9.17) is 21.1 Å². The second-order valence-electron chi connectivity index (χ2n) is 4.46. The number of rotatable bonds is 7. The molecule has 0 aliphatic carbocycles.